The first kappa shape index (κ1) is 9.45. The van der Waals surface area contributed by atoms with Gasteiger partial charge >= 0.3 is 0 Å². The van der Waals surface area contributed by atoms with Crippen molar-refractivity contribution in [2.75, 3.05) is 7.05 Å². The van der Waals surface area contributed by atoms with Crippen LogP contribution in [0.15, 0.2) is 36.1 Å². The van der Waals surface area contributed by atoms with Gasteiger partial charge in [0.15, 0.2) is 0 Å². The van der Waals surface area contributed by atoms with Crippen molar-refractivity contribution >= 4 is 11.9 Å². The van der Waals surface area contributed by atoms with Crippen LogP contribution >= 0.6 is 0 Å². The molecule has 0 amide bonds. The first-order valence-corrected chi connectivity index (χ1v) is 4.04. The molecule has 0 aliphatic carbocycles. The van der Waals surface area contributed by atoms with Crippen LogP contribution in [-0.2, 0) is 0 Å². The summed E-state index contributed by atoms with van der Waals surface area (Å²) in [5, 5.41) is 4.16. The number of hydrogen-bond donors (Lipinski definition) is 0. The number of hydrogen-bond acceptors (Lipinski definition) is 2. The standard InChI is InChI=1S/C10H13N3/c1-4-10(5-6-11-3)13-8-9(2)7-12-13/h4-8H,1H2,2-3H3/b10-5+,11-6?. The van der Waals surface area contributed by atoms with E-state index in [9.17, 15) is 0 Å². The van der Waals surface area contributed by atoms with Crippen molar-refractivity contribution in [2.24, 2.45) is 4.99 Å². The number of aryl methyl sites for hydroxylation is 1. The molecular formula is C10H13N3. The second kappa shape index (κ2) is 4.40. The molecule has 0 fully saturated rings. The fourth-order valence-corrected chi connectivity index (χ4v) is 0.943. The largest absolute Gasteiger partial charge is 0.296 e. The molecule has 0 saturated carbocycles. The van der Waals surface area contributed by atoms with E-state index in [1.54, 1.807) is 30.2 Å². The lowest BCUT2D eigenvalue weighted by atomic mass is 10.4. The van der Waals surface area contributed by atoms with Crippen LogP contribution in [0.5, 0.6) is 0 Å². The summed E-state index contributed by atoms with van der Waals surface area (Å²) in [6.45, 7) is 5.71. The van der Waals surface area contributed by atoms with Crippen LogP contribution in [0.2, 0.25) is 0 Å². The van der Waals surface area contributed by atoms with Crippen molar-refractivity contribution in [3.8, 4) is 0 Å². The van der Waals surface area contributed by atoms with E-state index in [0.29, 0.717) is 0 Å². The van der Waals surface area contributed by atoms with Crippen LogP contribution in [0.1, 0.15) is 5.56 Å². The fraction of sp³-hybridized carbons (Fsp3) is 0.200. The maximum atomic E-state index is 4.16. The van der Waals surface area contributed by atoms with Gasteiger partial charge in [0.2, 0.25) is 0 Å². The van der Waals surface area contributed by atoms with Gasteiger partial charge in [0.25, 0.3) is 0 Å². The second-order valence-electron chi connectivity index (χ2n) is 2.67. The van der Waals surface area contributed by atoms with Crippen LogP contribution in [0.3, 0.4) is 0 Å². The van der Waals surface area contributed by atoms with Crippen molar-refractivity contribution in [1.29, 1.82) is 0 Å². The molecule has 0 aliphatic heterocycles. The average molecular weight is 175 g/mol. The summed E-state index contributed by atoms with van der Waals surface area (Å²) in [6, 6.07) is 0. The molecule has 1 aromatic rings. The summed E-state index contributed by atoms with van der Waals surface area (Å²) in [4.78, 5) is 3.87. The van der Waals surface area contributed by atoms with Gasteiger partial charge in [0.1, 0.15) is 0 Å². The monoisotopic (exact) mass is 175 g/mol. The van der Waals surface area contributed by atoms with Gasteiger partial charge in [0.05, 0.1) is 11.9 Å². The molecule has 0 N–H and O–H groups in total. The fourth-order valence-electron chi connectivity index (χ4n) is 0.943. The molecule has 3 heteroatoms. The zero-order valence-corrected chi connectivity index (χ0v) is 7.94. The molecule has 68 valence electrons. The third-order valence-electron chi connectivity index (χ3n) is 1.58. The Kier molecular flexibility index (Phi) is 3.20. The lowest BCUT2D eigenvalue weighted by molar-refractivity contribution is 0.911. The minimum atomic E-state index is 0.915. The Labute approximate surface area is 78.1 Å². The molecule has 1 heterocycles. The number of aliphatic imine (C=N–C) groups is 1. The Hall–Kier alpha value is -1.64. The van der Waals surface area contributed by atoms with E-state index in [1.165, 1.54) is 0 Å². The molecule has 0 spiro atoms. The maximum Gasteiger partial charge on any atom is 0.0654 e. The summed E-state index contributed by atoms with van der Waals surface area (Å²) in [6.07, 6.45) is 9.07. The van der Waals surface area contributed by atoms with Gasteiger partial charge in [0, 0.05) is 19.5 Å². The summed E-state index contributed by atoms with van der Waals surface area (Å²) in [5.74, 6) is 0. The number of allylic oxidation sites excluding steroid dienone is 3. The van der Waals surface area contributed by atoms with Gasteiger partial charge in [-0.2, -0.15) is 5.10 Å². The first-order valence-electron chi connectivity index (χ1n) is 4.04. The molecule has 1 aromatic heterocycles. The number of nitrogens with zero attached hydrogens (tertiary/aromatic N) is 3. The Morgan fingerprint density at radius 3 is 2.92 bits per heavy atom. The summed E-state index contributed by atoms with van der Waals surface area (Å²) < 4.78 is 1.77. The molecule has 0 saturated heterocycles. The van der Waals surface area contributed by atoms with Gasteiger partial charge in [-0.05, 0) is 24.6 Å². The molecule has 0 radical (unpaired) electrons. The molecule has 0 atom stereocenters. The van der Waals surface area contributed by atoms with Gasteiger partial charge in [-0.1, -0.05) is 6.58 Å². The van der Waals surface area contributed by atoms with Gasteiger partial charge in [-0.15, -0.1) is 0 Å². The SMILES string of the molecule is C=C/C(=C\C=NC)n1cc(C)cn1. The van der Waals surface area contributed by atoms with Gasteiger partial charge in [-0.3, -0.25) is 4.99 Å². The smallest absolute Gasteiger partial charge is 0.0654 e. The summed E-state index contributed by atoms with van der Waals surface area (Å²) in [7, 11) is 1.73. The Morgan fingerprint density at radius 2 is 2.46 bits per heavy atom. The number of aromatic nitrogens is 2. The number of rotatable bonds is 3. The molecule has 3 nitrogen and oxygen atoms in total. The van der Waals surface area contributed by atoms with Crippen LogP contribution in [0, 0.1) is 6.92 Å². The highest BCUT2D eigenvalue weighted by Gasteiger charge is 1.95. The van der Waals surface area contributed by atoms with Crippen molar-refractivity contribution in [2.45, 2.75) is 6.92 Å². The van der Waals surface area contributed by atoms with Crippen LogP contribution in [0.4, 0.5) is 0 Å². The molecule has 1 rings (SSSR count). The van der Waals surface area contributed by atoms with Crippen molar-refractivity contribution < 1.29 is 0 Å². The lowest BCUT2D eigenvalue weighted by Gasteiger charge is -1.98. The van der Waals surface area contributed by atoms with Crippen molar-refractivity contribution in [3.63, 3.8) is 0 Å². The van der Waals surface area contributed by atoms with E-state index < -0.39 is 0 Å². The average Bonchev–Trinajstić information content (AvgIpc) is 2.54. The van der Waals surface area contributed by atoms with Crippen LogP contribution in [0.25, 0.3) is 5.70 Å². The summed E-state index contributed by atoms with van der Waals surface area (Å²) in [5.41, 5.74) is 2.04. The van der Waals surface area contributed by atoms with Gasteiger partial charge < -0.3 is 0 Å². The molecule has 0 aliphatic rings. The second-order valence-corrected chi connectivity index (χ2v) is 2.67. The normalized spacial score (nSPS) is 12.3. The Bertz CT molecular complexity index is 345. The minimum absolute atomic E-state index is 0.915. The van der Waals surface area contributed by atoms with E-state index in [1.807, 2.05) is 19.2 Å². The highest BCUT2D eigenvalue weighted by atomic mass is 15.3. The Morgan fingerprint density at radius 1 is 1.69 bits per heavy atom. The van der Waals surface area contributed by atoms with E-state index in [0.717, 1.165) is 11.3 Å². The van der Waals surface area contributed by atoms with Crippen LogP contribution < -0.4 is 0 Å². The first-order chi connectivity index (χ1) is 6.27. The third-order valence-corrected chi connectivity index (χ3v) is 1.58. The molecule has 13 heavy (non-hydrogen) atoms. The third kappa shape index (κ3) is 2.40. The van der Waals surface area contributed by atoms with E-state index in [-0.39, 0.29) is 0 Å². The lowest BCUT2D eigenvalue weighted by Crippen LogP contribution is -1.94. The predicted octanol–water partition coefficient (Wildman–Crippen LogP) is 1.92. The van der Waals surface area contributed by atoms with Crippen LogP contribution in [-0.4, -0.2) is 23.0 Å². The molecule has 0 unspecified atom stereocenters. The molecular weight excluding hydrogens is 162 g/mol. The molecule has 0 aromatic carbocycles. The highest BCUT2D eigenvalue weighted by Crippen LogP contribution is 2.04. The Balaban J connectivity index is 2.96. The quantitative estimate of drug-likeness (QED) is 0.510. The maximum absolute atomic E-state index is 4.16. The predicted molar refractivity (Wildman–Crippen MR) is 55.9 cm³/mol. The van der Waals surface area contributed by atoms with Crippen molar-refractivity contribution in [3.05, 3.63) is 36.7 Å². The van der Waals surface area contributed by atoms with E-state index in [2.05, 4.69) is 16.7 Å². The molecule has 0 bridgehead atoms. The van der Waals surface area contributed by atoms with Gasteiger partial charge in [-0.25, -0.2) is 4.68 Å². The zero-order valence-electron chi connectivity index (χ0n) is 7.94. The van der Waals surface area contributed by atoms with E-state index >= 15 is 0 Å². The summed E-state index contributed by atoms with van der Waals surface area (Å²) >= 11 is 0. The highest BCUT2D eigenvalue weighted by molar-refractivity contribution is 5.81. The topological polar surface area (TPSA) is 30.2 Å². The van der Waals surface area contributed by atoms with E-state index in [4.69, 9.17) is 0 Å². The van der Waals surface area contributed by atoms with Crippen molar-refractivity contribution in [1.82, 2.24) is 9.78 Å². The zero-order chi connectivity index (χ0) is 9.68. The minimum Gasteiger partial charge on any atom is -0.296 e.